The molecule has 1 saturated heterocycles. The van der Waals surface area contributed by atoms with Crippen LogP contribution < -0.4 is 5.32 Å². The first-order valence-corrected chi connectivity index (χ1v) is 7.33. The second-order valence-corrected chi connectivity index (χ2v) is 6.46. The number of likely N-dealkylation sites (tertiary alicyclic amines) is 1. The zero-order chi connectivity index (χ0) is 15.3. The minimum Gasteiger partial charge on any atom is -0.393 e. The molecule has 4 heteroatoms. The number of nitrogens with one attached hydrogen (secondary N) is 1. The molecule has 0 aromatic carbocycles. The van der Waals surface area contributed by atoms with Gasteiger partial charge in [-0.05, 0) is 18.9 Å². The van der Waals surface area contributed by atoms with Crippen LogP contribution in [0.5, 0.6) is 0 Å². The van der Waals surface area contributed by atoms with Gasteiger partial charge in [-0.3, -0.25) is 4.79 Å². The summed E-state index contributed by atoms with van der Waals surface area (Å²) >= 11 is 0. The highest BCUT2D eigenvalue weighted by Crippen LogP contribution is 2.30. The molecule has 1 rings (SSSR count). The van der Waals surface area contributed by atoms with Crippen molar-refractivity contribution in [1.82, 2.24) is 15.1 Å². The van der Waals surface area contributed by atoms with E-state index in [1.165, 1.54) is 11.8 Å². The second kappa shape index (κ2) is 6.82. The Bertz CT molecular complexity index is 382. The van der Waals surface area contributed by atoms with Crippen LogP contribution in [0.25, 0.3) is 0 Å². The maximum atomic E-state index is 11.8. The first-order valence-electron chi connectivity index (χ1n) is 7.33. The molecular weight excluding hydrogens is 250 g/mol. The molecule has 0 bridgehead atoms. The van der Waals surface area contributed by atoms with E-state index in [2.05, 4.69) is 43.8 Å². The third-order valence-corrected chi connectivity index (χ3v) is 3.86. The minimum atomic E-state index is 0.00625. The number of carbonyl (C=O) groups excluding carboxylic acids is 1. The monoisotopic (exact) mass is 279 g/mol. The zero-order valence-corrected chi connectivity index (χ0v) is 13.6. The van der Waals surface area contributed by atoms with Crippen molar-refractivity contribution in [3.05, 3.63) is 24.6 Å². The largest absolute Gasteiger partial charge is 0.393 e. The molecule has 0 aromatic heterocycles. The predicted octanol–water partition coefficient (Wildman–Crippen LogP) is 2.20. The van der Waals surface area contributed by atoms with E-state index in [9.17, 15) is 4.79 Å². The SMILES string of the molecule is C=CC(=O)N(C)C1CCCN(/C(=C/NC)C(C)(C)C)C1. The molecule has 0 aromatic rings. The van der Waals surface area contributed by atoms with E-state index in [-0.39, 0.29) is 17.4 Å². The first kappa shape index (κ1) is 16.6. The topological polar surface area (TPSA) is 35.6 Å². The number of nitrogens with zero attached hydrogens (tertiary/aromatic N) is 2. The molecule has 0 aliphatic carbocycles. The van der Waals surface area contributed by atoms with E-state index in [1.807, 2.05) is 19.0 Å². The number of amides is 1. The van der Waals surface area contributed by atoms with Crippen LogP contribution in [0.15, 0.2) is 24.6 Å². The highest BCUT2D eigenvalue weighted by Gasteiger charge is 2.30. The van der Waals surface area contributed by atoms with Crippen LogP contribution in [0, 0.1) is 5.41 Å². The summed E-state index contributed by atoms with van der Waals surface area (Å²) in [5.41, 5.74) is 1.38. The fraction of sp³-hybridized carbons (Fsp3) is 0.688. The van der Waals surface area contributed by atoms with Gasteiger partial charge in [0.05, 0.1) is 0 Å². The Labute approximate surface area is 123 Å². The fourth-order valence-electron chi connectivity index (χ4n) is 2.73. The van der Waals surface area contributed by atoms with Crippen molar-refractivity contribution < 1.29 is 4.79 Å². The second-order valence-electron chi connectivity index (χ2n) is 6.46. The van der Waals surface area contributed by atoms with Gasteiger partial charge in [0.25, 0.3) is 0 Å². The molecule has 1 aliphatic heterocycles. The predicted molar refractivity (Wildman–Crippen MR) is 84.2 cm³/mol. The van der Waals surface area contributed by atoms with Crippen molar-refractivity contribution in [1.29, 1.82) is 0 Å². The van der Waals surface area contributed by atoms with E-state index < -0.39 is 0 Å². The van der Waals surface area contributed by atoms with E-state index >= 15 is 0 Å². The molecule has 1 heterocycles. The smallest absolute Gasteiger partial charge is 0.246 e. The van der Waals surface area contributed by atoms with Crippen LogP contribution in [0.3, 0.4) is 0 Å². The van der Waals surface area contributed by atoms with Crippen LogP contribution in [-0.2, 0) is 4.79 Å². The molecular formula is C16H29N3O. The molecule has 0 saturated carbocycles. The lowest BCUT2D eigenvalue weighted by molar-refractivity contribution is -0.127. The molecule has 1 unspecified atom stereocenters. The summed E-state index contributed by atoms with van der Waals surface area (Å²) in [4.78, 5) is 16.0. The van der Waals surface area contributed by atoms with Crippen LogP contribution in [0.1, 0.15) is 33.6 Å². The molecule has 1 aliphatic rings. The average Bonchev–Trinajstić information content (AvgIpc) is 2.41. The first-order chi connectivity index (χ1) is 9.31. The quantitative estimate of drug-likeness (QED) is 0.801. The third-order valence-electron chi connectivity index (χ3n) is 3.86. The number of likely N-dealkylation sites (N-methyl/N-ethyl adjacent to an activating group) is 1. The molecule has 1 N–H and O–H groups in total. The Hall–Kier alpha value is -1.45. The van der Waals surface area contributed by atoms with Crippen LogP contribution in [0.4, 0.5) is 0 Å². The summed E-state index contributed by atoms with van der Waals surface area (Å²) in [6.45, 7) is 12.2. The van der Waals surface area contributed by atoms with Crippen molar-refractivity contribution >= 4 is 5.91 Å². The van der Waals surface area contributed by atoms with Gasteiger partial charge in [0.2, 0.25) is 5.91 Å². The Morgan fingerprint density at radius 1 is 1.45 bits per heavy atom. The maximum absolute atomic E-state index is 11.8. The standard InChI is InChI=1S/C16H29N3O/c1-7-15(20)18(6)13-9-8-10-19(12-13)14(11-17-5)16(2,3)4/h7,11,13,17H,1,8-10,12H2,2-6H3/b14-11+. The van der Waals surface area contributed by atoms with Crippen molar-refractivity contribution in [2.75, 3.05) is 27.2 Å². The summed E-state index contributed by atoms with van der Waals surface area (Å²) < 4.78 is 0. The van der Waals surface area contributed by atoms with Crippen molar-refractivity contribution in [2.24, 2.45) is 5.41 Å². The lowest BCUT2D eigenvalue weighted by Crippen LogP contribution is -2.49. The van der Waals surface area contributed by atoms with Gasteiger partial charge in [0, 0.05) is 50.5 Å². The maximum Gasteiger partial charge on any atom is 0.246 e. The van der Waals surface area contributed by atoms with Crippen molar-refractivity contribution in [3.63, 3.8) is 0 Å². The summed E-state index contributed by atoms with van der Waals surface area (Å²) in [5, 5.41) is 3.15. The number of hydrogen-bond acceptors (Lipinski definition) is 3. The fourth-order valence-corrected chi connectivity index (χ4v) is 2.73. The molecule has 0 radical (unpaired) electrons. The highest BCUT2D eigenvalue weighted by molar-refractivity contribution is 5.87. The van der Waals surface area contributed by atoms with Gasteiger partial charge in [-0.1, -0.05) is 27.4 Å². The zero-order valence-electron chi connectivity index (χ0n) is 13.6. The molecule has 114 valence electrons. The number of rotatable bonds is 4. The van der Waals surface area contributed by atoms with Crippen molar-refractivity contribution in [3.8, 4) is 0 Å². The number of allylic oxidation sites excluding steroid dienone is 1. The number of piperidine rings is 1. The Kier molecular flexibility index (Phi) is 5.66. The lowest BCUT2D eigenvalue weighted by atomic mass is 9.89. The molecule has 0 spiro atoms. The van der Waals surface area contributed by atoms with Gasteiger partial charge in [-0.2, -0.15) is 0 Å². The highest BCUT2D eigenvalue weighted by atomic mass is 16.2. The van der Waals surface area contributed by atoms with Gasteiger partial charge < -0.3 is 15.1 Å². The molecule has 20 heavy (non-hydrogen) atoms. The van der Waals surface area contributed by atoms with E-state index in [0.29, 0.717) is 0 Å². The minimum absolute atomic E-state index is 0.00625. The van der Waals surface area contributed by atoms with Gasteiger partial charge >= 0.3 is 0 Å². The van der Waals surface area contributed by atoms with E-state index in [1.54, 1.807) is 0 Å². The number of carbonyl (C=O) groups is 1. The van der Waals surface area contributed by atoms with Gasteiger partial charge in [0.1, 0.15) is 0 Å². The average molecular weight is 279 g/mol. The Balaban J connectivity index is 2.85. The Morgan fingerprint density at radius 3 is 2.60 bits per heavy atom. The van der Waals surface area contributed by atoms with Crippen molar-refractivity contribution in [2.45, 2.75) is 39.7 Å². The molecule has 1 fully saturated rings. The van der Waals surface area contributed by atoms with E-state index in [0.717, 1.165) is 25.9 Å². The Morgan fingerprint density at radius 2 is 2.10 bits per heavy atom. The van der Waals surface area contributed by atoms with Gasteiger partial charge in [-0.25, -0.2) is 0 Å². The number of hydrogen-bond donors (Lipinski definition) is 1. The van der Waals surface area contributed by atoms with Gasteiger partial charge in [0.15, 0.2) is 0 Å². The summed E-state index contributed by atoms with van der Waals surface area (Å²) in [7, 11) is 3.80. The van der Waals surface area contributed by atoms with Crippen LogP contribution >= 0.6 is 0 Å². The van der Waals surface area contributed by atoms with Crippen LogP contribution in [0.2, 0.25) is 0 Å². The third kappa shape index (κ3) is 4.02. The summed E-state index contributed by atoms with van der Waals surface area (Å²) in [6.07, 6.45) is 5.64. The van der Waals surface area contributed by atoms with Crippen LogP contribution in [-0.4, -0.2) is 48.9 Å². The van der Waals surface area contributed by atoms with E-state index in [4.69, 9.17) is 0 Å². The molecule has 1 atom stereocenters. The molecule has 1 amide bonds. The summed E-state index contributed by atoms with van der Waals surface area (Å²) in [5.74, 6) is 0.00625. The van der Waals surface area contributed by atoms with Gasteiger partial charge in [-0.15, -0.1) is 0 Å². The summed E-state index contributed by atoms with van der Waals surface area (Å²) in [6, 6.07) is 0.261. The normalized spacial score (nSPS) is 20.6. The molecule has 4 nitrogen and oxygen atoms in total. The lowest BCUT2D eigenvalue weighted by Gasteiger charge is -2.43.